The van der Waals surface area contributed by atoms with E-state index in [-0.39, 0.29) is 0 Å². The van der Waals surface area contributed by atoms with Crippen LogP contribution in [0.5, 0.6) is 0 Å². The fourth-order valence-corrected chi connectivity index (χ4v) is 1.72. The Kier molecular flexibility index (Phi) is 4.47. The third-order valence-electron chi connectivity index (χ3n) is 2.76. The largest absolute Gasteiger partial charge is 0.339 e. The lowest BCUT2D eigenvalue weighted by atomic mass is 10.1. The lowest BCUT2D eigenvalue weighted by Crippen LogP contribution is -2.16. The van der Waals surface area contributed by atoms with Gasteiger partial charge < -0.3 is 9.84 Å². The van der Waals surface area contributed by atoms with Gasteiger partial charge in [-0.1, -0.05) is 41.9 Å². The van der Waals surface area contributed by atoms with E-state index in [9.17, 15) is 0 Å². The molecule has 0 fully saturated rings. The van der Waals surface area contributed by atoms with Crippen molar-refractivity contribution in [2.75, 3.05) is 13.1 Å². The van der Waals surface area contributed by atoms with Crippen molar-refractivity contribution in [3.8, 4) is 0 Å². The molecule has 4 heteroatoms. The molecule has 4 nitrogen and oxygen atoms in total. The summed E-state index contributed by atoms with van der Waals surface area (Å²) in [5.74, 6) is 1.46. The molecule has 0 aliphatic carbocycles. The van der Waals surface area contributed by atoms with Crippen LogP contribution in [0.3, 0.4) is 0 Å². The maximum absolute atomic E-state index is 5.21. The van der Waals surface area contributed by atoms with Crippen LogP contribution in [0.2, 0.25) is 0 Å². The Hall–Kier alpha value is -1.68. The minimum atomic E-state index is 0.707. The molecule has 2 aromatic rings. The second kappa shape index (κ2) is 6.31. The van der Waals surface area contributed by atoms with E-state index in [4.69, 9.17) is 4.52 Å². The number of rotatable bonds is 6. The van der Waals surface area contributed by atoms with Crippen LogP contribution in [0.4, 0.5) is 0 Å². The molecular weight excluding hydrogens is 226 g/mol. The molecule has 2 rings (SSSR count). The second-order valence-corrected chi connectivity index (χ2v) is 4.37. The van der Waals surface area contributed by atoms with Crippen LogP contribution in [0.25, 0.3) is 0 Å². The Labute approximate surface area is 107 Å². The van der Waals surface area contributed by atoms with E-state index in [0.717, 1.165) is 31.8 Å². The maximum atomic E-state index is 5.21. The van der Waals surface area contributed by atoms with Crippen molar-refractivity contribution in [3.05, 3.63) is 47.1 Å². The Morgan fingerprint density at radius 1 is 1.22 bits per heavy atom. The summed E-state index contributed by atoms with van der Waals surface area (Å²) < 4.78 is 5.21. The molecule has 1 N–H and O–H groups in total. The minimum absolute atomic E-state index is 0.707. The molecular formula is C14H19N3O. The number of likely N-dealkylation sites (N-methyl/N-ethyl adjacent to an activating group) is 1. The SMILES string of the molecule is CCNCCc1nc(Cc2ccc(C)cc2)no1. The first-order chi connectivity index (χ1) is 8.78. The van der Waals surface area contributed by atoms with Gasteiger partial charge in [0.15, 0.2) is 5.82 Å². The highest BCUT2D eigenvalue weighted by Crippen LogP contribution is 2.08. The molecule has 0 bridgehead atoms. The molecule has 0 radical (unpaired) electrons. The average Bonchev–Trinajstić information content (AvgIpc) is 2.80. The van der Waals surface area contributed by atoms with Gasteiger partial charge in [0.2, 0.25) is 5.89 Å². The molecule has 96 valence electrons. The lowest BCUT2D eigenvalue weighted by molar-refractivity contribution is 0.372. The molecule has 18 heavy (non-hydrogen) atoms. The van der Waals surface area contributed by atoms with Gasteiger partial charge in [0.05, 0.1) is 0 Å². The van der Waals surface area contributed by atoms with Crippen molar-refractivity contribution >= 4 is 0 Å². The Bertz CT molecular complexity index is 476. The van der Waals surface area contributed by atoms with Crippen molar-refractivity contribution in [3.63, 3.8) is 0 Å². The van der Waals surface area contributed by atoms with Crippen LogP contribution in [0.15, 0.2) is 28.8 Å². The van der Waals surface area contributed by atoms with E-state index in [0.29, 0.717) is 5.89 Å². The normalized spacial score (nSPS) is 10.8. The van der Waals surface area contributed by atoms with Crippen molar-refractivity contribution in [1.29, 1.82) is 0 Å². The van der Waals surface area contributed by atoms with Gasteiger partial charge in [-0.15, -0.1) is 0 Å². The van der Waals surface area contributed by atoms with Crippen molar-refractivity contribution in [2.24, 2.45) is 0 Å². The van der Waals surface area contributed by atoms with E-state index in [2.05, 4.69) is 53.6 Å². The number of aryl methyl sites for hydroxylation is 1. The highest BCUT2D eigenvalue weighted by molar-refractivity contribution is 5.23. The second-order valence-electron chi connectivity index (χ2n) is 4.37. The van der Waals surface area contributed by atoms with Gasteiger partial charge in [-0.05, 0) is 19.0 Å². The molecule has 0 saturated heterocycles. The monoisotopic (exact) mass is 245 g/mol. The number of hydrogen-bond acceptors (Lipinski definition) is 4. The number of nitrogens with one attached hydrogen (secondary N) is 1. The molecule has 1 aromatic carbocycles. The molecule has 0 spiro atoms. The first-order valence-electron chi connectivity index (χ1n) is 6.35. The number of benzene rings is 1. The van der Waals surface area contributed by atoms with Crippen LogP contribution < -0.4 is 5.32 Å². The van der Waals surface area contributed by atoms with Crippen molar-refractivity contribution in [2.45, 2.75) is 26.7 Å². The summed E-state index contributed by atoms with van der Waals surface area (Å²) in [6, 6.07) is 8.40. The van der Waals surface area contributed by atoms with Gasteiger partial charge in [0, 0.05) is 19.4 Å². The predicted octanol–water partition coefficient (Wildman–Crippen LogP) is 2.12. The highest BCUT2D eigenvalue weighted by atomic mass is 16.5. The summed E-state index contributed by atoms with van der Waals surface area (Å²) >= 11 is 0. The predicted molar refractivity (Wildman–Crippen MR) is 70.5 cm³/mol. The summed E-state index contributed by atoms with van der Waals surface area (Å²) in [6.45, 7) is 6.00. The summed E-state index contributed by atoms with van der Waals surface area (Å²) in [6.07, 6.45) is 1.51. The van der Waals surface area contributed by atoms with Crippen molar-refractivity contribution in [1.82, 2.24) is 15.5 Å². The Balaban J connectivity index is 1.91. The van der Waals surface area contributed by atoms with Crippen LogP contribution in [-0.4, -0.2) is 23.2 Å². The fourth-order valence-electron chi connectivity index (χ4n) is 1.72. The maximum Gasteiger partial charge on any atom is 0.227 e. The summed E-state index contributed by atoms with van der Waals surface area (Å²) in [4.78, 5) is 4.38. The zero-order chi connectivity index (χ0) is 12.8. The first kappa shape index (κ1) is 12.8. The molecule has 0 saturated carbocycles. The van der Waals surface area contributed by atoms with Gasteiger partial charge in [-0.25, -0.2) is 0 Å². The fraction of sp³-hybridized carbons (Fsp3) is 0.429. The quantitative estimate of drug-likeness (QED) is 0.792. The Morgan fingerprint density at radius 3 is 2.72 bits per heavy atom. The van der Waals surface area contributed by atoms with Gasteiger partial charge >= 0.3 is 0 Å². The van der Waals surface area contributed by atoms with Crippen LogP contribution in [0, 0.1) is 6.92 Å². The van der Waals surface area contributed by atoms with E-state index >= 15 is 0 Å². The first-order valence-corrected chi connectivity index (χ1v) is 6.35. The summed E-state index contributed by atoms with van der Waals surface area (Å²) in [7, 11) is 0. The van der Waals surface area contributed by atoms with E-state index in [1.165, 1.54) is 11.1 Å². The summed E-state index contributed by atoms with van der Waals surface area (Å²) in [5.41, 5.74) is 2.47. The van der Waals surface area contributed by atoms with Crippen molar-refractivity contribution < 1.29 is 4.52 Å². The van der Waals surface area contributed by atoms with Gasteiger partial charge in [-0.2, -0.15) is 4.98 Å². The average molecular weight is 245 g/mol. The molecule has 0 atom stereocenters. The van der Waals surface area contributed by atoms with Gasteiger partial charge in [0.1, 0.15) is 0 Å². The number of aromatic nitrogens is 2. The molecule has 1 aromatic heterocycles. The van der Waals surface area contributed by atoms with Gasteiger partial charge in [0.25, 0.3) is 0 Å². The standard InChI is InChI=1S/C14H19N3O/c1-3-15-9-8-14-16-13(17-18-14)10-12-6-4-11(2)5-7-12/h4-7,15H,3,8-10H2,1-2H3. The van der Waals surface area contributed by atoms with E-state index in [1.807, 2.05) is 0 Å². The van der Waals surface area contributed by atoms with E-state index in [1.54, 1.807) is 0 Å². The number of hydrogen-bond donors (Lipinski definition) is 1. The Morgan fingerprint density at radius 2 is 2.00 bits per heavy atom. The lowest BCUT2D eigenvalue weighted by Gasteiger charge is -1.97. The van der Waals surface area contributed by atoms with Gasteiger partial charge in [-0.3, -0.25) is 0 Å². The van der Waals surface area contributed by atoms with Crippen LogP contribution >= 0.6 is 0 Å². The summed E-state index contributed by atoms with van der Waals surface area (Å²) in [5, 5.41) is 7.23. The third kappa shape index (κ3) is 3.67. The molecule has 0 unspecified atom stereocenters. The third-order valence-corrected chi connectivity index (χ3v) is 2.76. The van der Waals surface area contributed by atoms with Crippen LogP contribution in [0.1, 0.15) is 29.8 Å². The number of nitrogens with zero attached hydrogens (tertiary/aromatic N) is 2. The zero-order valence-electron chi connectivity index (χ0n) is 10.9. The molecule has 0 aliphatic heterocycles. The molecule has 0 aliphatic rings. The van der Waals surface area contributed by atoms with Crippen LogP contribution in [-0.2, 0) is 12.8 Å². The molecule has 1 heterocycles. The van der Waals surface area contributed by atoms with E-state index < -0.39 is 0 Å². The smallest absolute Gasteiger partial charge is 0.227 e. The highest BCUT2D eigenvalue weighted by Gasteiger charge is 2.06. The molecule has 0 amide bonds. The minimum Gasteiger partial charge on any atom is -0.339 e. The zero-order valence-corrected chi connectivity index (χ0v) is 10.9. The topological polar surface area (TPSA) is 51.0 Å².